The summed E-state index contributed by atoms with van der Waals surface area (Å²) in [6.07, 6.45) is 6.07. The van der Waals surface area contributed by atoms with Gasteiger partial charge >= 0.3 is 6.61 Å². The number of nitrogens with zero attached hydrogens (tertiary/aromatic N) is 2. The molecule has 0 radical (unpaired) electrons. The lowest BCUT2D eigenvalue weighted by Crippen LogP contribution is -2.44. The molecule has 1 N–H and O–H groups in total. The monoisotopic (exact) mass is 401 g/mol. The number of likely N-dealkylation sites (tertiary alicyclic amines) is 2. The van der Waals surface area contributed by atoms with Crippen molar-refractivity contribution < 1.29 is 18.3 Å². The number of benzene rings is 1. The molecule has 150 valence electrons. The number of alkyl halides is 2. The first kappa shape index (κ1) is 20.3. The van der Waals surface area contributed by atoms with Crippen molar-refractivity contribution in [1.29, 1.82) is 0 Å². The maximum Gasteiger partial charge on any atom is 0.387 e. The normalized spacial score (nSPS) is 21.6. The Bertz CT molecular complexity index is 641. The van der Waals surface area contributed by atoms with Crippen molar-refractivity contribution >= 4 is 23.2 Å². The molecule has 1 unspecified atom stereocenters. The van der Waals surface area contributed by atoms with Gasteiger partial charge in [0.25, 0.3) is 0 Å². The average Bonchev–Trinajstić information content (AvgIpc) is 3.04. The van der Waals surface area contributed by atoms with Crippen LogP contribution in [-0.4, -0.2) is 61.1 Å². The molecule has 2 aliphatic heterocycles. The van der Waals surface area contributed by atoms with Crippen molar-refractivity contribution in [1.82, 2.24) is 9.80 Å². The predicted molar refractivity (Wildman–Crippen MR) is 102 cm³/mol. The van der Waals surface area contributed by atoms with Gasteiger partial charge in [-0.1, -0.05) is 18.0 Å². The van der Waals surface area contributed by atoms with Crippen LogP contribution in [0.5, 0.6) is 5.75 Å². The highest BCUT2D eigenvalue weighted by Crippen LogP contribution is 2.29. The van der Waals surface area contributed by atoms with E-state index in [0.29, 0.717) is 18.3 Å². The van der Waals surface area contributed by atoms with E-state index >= 15 is 0 Å². The third-order valence-corrected chi connectivity index (χ3v) is 5.49. The Kier molecular flexibility index (Phi) is 7.26. The molecule has 2 heterocycles. The molecule has 5 nitrogen and oxygen atoms in total. The number of rotatable bonds is 7. The molecule has 1 aromatic rings. The highest BCUT2D eigenvalue weighted by molar-refractivity contribution is 6.32. The molecule has 1 amide bonds. The van der Waals surface area contributed by atoms with E-state index in [1.54, 1.807) is 0 Å². The summed E-state index contributed by atoms with van der Waals surface area (Å²) >= 11 is 5.93. The van der Waals surface area contributed by atoms with Gasteiger partial charge in [-0.2, -0.15) is 8.78 Å². The van der Waals surface area contributed by atoms with Gasteiger partial charge in [0.05, 0.1) is 11.6 Å². The third kappa shape index (κ3) is 6.02. The van der Waals surface area contributed by atoms with Crippen LogP contribution in [-0.2, 0) is 4.79 Å². The average molecular weight is 402 g/mol. The fraction of sp³-hybridized carbons (Fsp3) is 0.632. The van der Waals surface area contributed by atoms with Crippen LogP contribution in [0.1, 0.15) is 32.1 Å². The van der Waals surface area contributed by atoms with E-state index in [1.807, 2.05) is 0 Å². The van der Waals surface area contributed by atoms with Gasteiger partial charge in [0.1, 0.15) is 5.75 Å². The molecular weight excluding hydrogens is 376 g/mol. The molecule has 27 heavy (non-hydrogen) atoms. The van der Waals surface area contributed by atoms with Crippen LogP contribution in [0.2, 0.25) is 5.02 Å². The molecule has 2 fully saturated rings. The van der Waals surface area contributed by atoms with Gasteiger partial charge in [-0.05, 0) is 63.5 Å². The first-order valence-corrected chi connectivity index (χ1v) is 9.89. The van der Waals surface area contributed by atoms with Crippen molar-refractivity contribution in [3.8, 4) is 5.75 Å². The number of nitrogens with one attached hydrogen (secondary N) is 1. The van der Waals surface area contributed by atoms with Crippen LogP contribution in [0, 0.1) is 0 Å². The van der Waals surface area contributed by atoms with E-state index in [0.717, 1.165) is 39.0 Å². The quantitative estimate of drug-likeness (QED) is 0.754. The Labute approximate surface area is 163 Å². The van der Waals surface area contributed by atoms with Crippen LogP contribution in [0.15, 0.2) is 18.2 Å². The lowest BCUT2D eigenvalue weighted by molar-refractivity contribution is -0.117. The predicted octanol–water partition coefficient (Wildman–Crippen LogP) is 3.83. The van der Waals surface area contributed by atoms with Crippen LogP contribution in [0.3, 0.4) is 0 Å². The van der Waals surface area contributed by atoms with E-state index in [2.05, 4.69) is 19.9 Å². The molecular formula is C19H26ClF2N3O2. The number of anilines is 1. The minimum absolute atomic E-state index is 0.0391. The molecule has 2 saturated heterocycles. The summed E-state index contributed by atoms with van der Waals surface area (Å²) in [6.45, 7) is 1.65. The molecule has 8 heteroatoms. The molecule has 0 saturated carbocycles. The lowest BCUT2D eigenvalue weighted by Gasteiger charge is -2.32. The smallest absolute Gasteiger partial charge is 0.387 e. The zero-order valence-corrected chi connectivity index (χ0v) is 16.1. The molecule has 0 spiro atoms. The van der Waals surface area contributed by atoms with Crippen molar-refractivity contribution in [2.75, 3.05) is 38.0 Å². The second-order valence-electron chi connectivity index (χ2n) is 7.20. The standard InChI is InChI=1S/C19H26ClF2N3O2/c20-16-11-14(6-7-17(16)27-19(21)22)23-18(26)13-25-10-4-5-15(25)12-24-8-2-1-3-9-24/h6-7,11,15,19H,1-5,8-10,12-13H2,(H,23,26). The summed E-state index contributed by atoms with van der Waals surface area (Å²) in [5, 5.41) is 2.83. The number of carbonyl (C=O) groups is 1. The van der Waals surface area contributed by atoms with Gasteiger partial charge in [-0.3, -0.25) is 9.69 Å². The highest BCUT2D eigenvalue weighted by atomic mass is 35.5. The topological polar surface area (TPSA) is 44.8 Å². The molecule has 0 aromatic heterocycles. The number of halogens is 3. The fourth-order valence-electron chi connectivity index (χ4n) is 3.91. The fourth-order valence-corrected chi connectivity index (χ4v) is 4.13. The van der Waals surface area contributed by atoms with E-state index in [-0.39, 0.29) is 16.7 Å². The number of hydrogen-bond acceptors (Lipinski definition) is 4. The Hall–Kier alpha value is -1.44. The number of ether oxygens (including phenoxy) is 1. The van der Waals surface area contributed by atoms with E-state index in [9.17, 15) is 13.6 Å². The van der Waals surface area contributed by atoms with Crippen LogP contribution >= 0.6 is 11.6 Å². The van der Waals surface area contributed by atoms with Gasteiger partial charge in [-0.15, -0.1) is 0 Å². The second-order valence-corrected chi connectivity index (χ2v) is 7.61. The first-order chi connectivity index (χ1) is 13.0. The molecule has 0 aliphatic carbocycles. The summed E-state index contributed by atoms with van der Waals surface area (Å²) < 4.78 is 28.9. The van der Waals surface area contributed by atoms with Gasteiger partial charge in [0, 0.05) is 18.3 Å². The summed E-state index contributed by atoms with van der Waals surface area (Å²) in [5.41, 5.74) is 0.471. The van der Waals surface area contributed by atoms with Crippen molar-refractivity contribution in [3.63, 3.8) is 0 Å². The first-order valence-electron chi connectivity index (χ1n) is 9.52. The molecule has 0 bridgehead atoms. The van der Waals surface area contributed by atoms with Gasteiger partial charge in [0.2, 0.25) is 5.91 Å². The number of amides is 1. The van der Waals surface area contributed by atoms with Crippen molar-refractivity contribution in [3.05, 3.63) is 23.2 Å². The SMILES string of the molecule is O=C(CN1CCCC1CN1CCCCC1)Nc1ccc(OC(F)F)c(Cl)c1. The minimum Gasteiger partial charge on any atom is -0.433 e. The van der Waals surface area contributed by atoms with Gasteiger partial charge in [-0.25, -0.2) is 0 Å². The number of hydrogen-bond donors (Lipinski definition) is 1. The maximum atomic E-state index is 12.4. The van der Waals surface area contributed by atoms with Gasteiger partial charge < -0.3 is 15.0 Å². The van der Waals surface area contributed by atoms with E-state index < -0.39 is 6.61 Å². The molecule has 2 aliphatic rings. The summed E-state index contributed by atoms with van der Waals surface area (Å²) in [7, 11) is 0. The summed E-state index contributed by atoms with van der Waals surface area (Å²) in [6, 6.07) is 4.68. The maximum absolute atomic E-state index is 12.4. The zero-order chi connectivity index (χ0) is 19.2. The van der Waals surface area contributed by atoms with Crippen LogP contribution in [0.25, 0.3) is 0 Å². The second kappa shape index (κ2) is 9.66. The zero-order valence-electron chi connectivity index (χ0n) is 15.3. The van der Waals surface area contributed by atoms with E-state index in [1.165, 1.54) is 37.5 Å². The Morgan fingerprint density at radius 3 is 2.70 bits per heavy atom. The minimum atomic E-state index is -2.94. The number of carbonyl (C=O) groups excluding carboxylic acids is 1. The van der Waals surface area contributed by atoms with Crippen molar-refractivity contribution in [2.24, 2.45) is 0 Å². The highest BCUT2D eigenvalue weighted by Gasteiger charge is 2.28. The number of piperidine rings is 1. The molecule has 3 rings (SSSR count). The summed E-state index contributed by atoms with van der Waals surface area (Å²) in [4.78, 5) is 17.2. The Balaban J connectivity index is 1.51. The summed E-state index contributed by atoms with van der Waals surface area (Å²) in [5.74, 6) is -0.232. The Morgan fingerprint density at radius 2 is 2.00 bits per heavy atom. The largest absolute Gasteiger partial charge is 0.433 e. The third-order valence-electron chi connectivity index (χ3n) is 5.20. The van der Waals surface area contributed by atoms with Gasteiger partial charge in [0.15, 0.2) is 0 Å². The van der Waals surface area contributed by atoms with Crippen LogP contribution < -0.4 is 10.1 Å². The van der Waals surface area contributed by atoms with E-state index in [4.69, 9.17) is 11.6 Å². The Morgan fingerprint density at radius 1 is 1.22 bits per heavy atom. The molecule has 1 aromatic carbocycles. The lowest BCUT2D eigenvalue weighted by atomic mass is 10.1. The molecule has 1 atom stereocenters. The van der Waals surface area contributed by atoms with Crippen molar-refractivity contribution in [2.45, 2.75) is 44.8 Å². The van der Waals surface area contributed by atoms with Crippen LogP contribution in [0.4, 0.5) is 14.5 Å².